The van der Waals surface area contributed by atoms with Crippen LogP contribution in [0.1, 0.15) is 0 Å². The summed E-state index contributed by atoms with van der Waals surface area (Å²) in [6, 6.07) is 0. The number of aldehydes is 1. The van der Waals surface area contributed by atoms with E-state index in [2.05, 4.69) is 0 Å². The molecule has 6 nitrogen and oxygen atoms in total. The first-order valence-corrected chi connectivity index (χ1v) is 3.33. The summed E-state index contributed by atoms with van der Waals surface area (Å²) in [5.41, 5.74) is 0. The van der Waals surface area contributed by atoms with Crippen molar-refractivity contribution < 1.29 is 30.3 Å². The van der Waals surface area contributed by atoms with E-state index in [1.165, 1.54) is 0 Å². The van der Waals surface area contributed by atoms with Gasteiger partial charge in [-0.2, -0.15) is 0 Å². The fraction of sp³-hybridized carbons (Fsp3) is 0.833. The first kappa shape index (κ1) is 16.5. The van der Waals surface area contributed by atoms with Crippen LogP contribution in [0.3, 0.4) is 0 Å². The van der Waals surface area contributed by atoms with Crippen LogP contribution in [0, 0.1) is 0 Å². The first-order chi connectivity index (χ1) is 5.54. The van der Waals surface area contributed by atoms with Crippen molar-refractivity contribution in [1.29, 1.82) is 0 Å². The van der Waals surface area contributed by atoms with Crippen LogP contribution in [0.2, 0.25) is 0 Å². The molecule has 0 radical (unpaired) electrons. The fourth-order valence-electron chi connectivity index (χ4n) is 0.618. The molecule has 0 fully saturated rings. The molecule has 4 atom stereocenters. The summed E-state index contributed by atoms with van der Waals surface area (Å²) in [6.45, 7) is -0.760. The van der Waals surface area contributed by atoms with Crippen molar-refractivity contribution in [1.82, 2.24) is 0 Å². The maximum absolute atomic E-state index is 9.90. The minimum absolute atomic E-state index is 0. The van der Waals surface area contributed by atoms with Crippen LogP contribution in [0.25, 0.3) is 0 Å². The van der Waals surface area contributed by atoms with E-state index in [-0.39, 0.29) is 57.7 Å². The Bertz CT molecular complexity index is 143. The zero-order chi connectivity index (χ0) is 9.72. The Labute approximate surface area is 118 Å². The van der Waals surface area contributed by atoms with Crippen molar-refractivity contribution in [3.05, 3.63) is 0 Å². The number of carbonyl (C=O) groups excluding carboxylic acids is 1. The number of hydrogen-bond donors (Lipinski definition) is 5. The average Bonchev–Trinajstić information content (AvgIpc) is 2.12. The van der Waals surface area contributed by atoms with Crippen LogP contribution in [-0.4, -0.2) is 114 Å². The molecule has 0 aliphatic rings. The van der Waals surface area contributed by atoms with E-state index >= 15 is 0 Å². The van der Waals surface area contributed by atoms with E-state index in [1.54, 1.807) is 0 Å². The molecular formula is C6H13KO6. The van der Waals surface area contributed by atoms with Crippen molar-refractivity contribution in [2.24, 2.45) is 0 Å². The van der Waals surface area contributed by atoms with Gasteiger partial charge in [0.15, 0.2) is 6.29 Å². The molecule has 0 unspecified atom stereocenters. The number of carbonyl (C=O) groups is 1. The van der Waals surface area contributed by atoms with Gasteiger partial charge in [0, 0.05) is 0 Å². The van der Waals surface area contributed by atoms with E-state index in [9.17, 15) is 4.79 Å². The quantitative estimate of drug-likeness (QED) is 0.238. The molecule has 0 aromatic heterocycles. The van der Waals surface area contributed by atoms with Gasteiger partial charge in [0.05, 0.1) is 6.61 Å². The maximum atomic E-state index is 9.90. The van der Waals surface area contributed by atoms with Gasteiger partial charge in [-0.25, -0.2) is 0 Å². The average molecular weight is 220 g/mol. The molecule has 0 saturated carbocycles. The van der Waals surface area contributed by atoms with Crippen molar-refractivity contribution in [3.8, 4) is 0 Å². The van der Waals surface area contributed by atoms with Crippen LogP contribution in [-0.2, 0) is 4.79 Å². The van der Waals surface area contributed by atoms with E-state index < -0.39 is 31.0 Å². The summed E-state index contributed by atoms with van der Waals surface area (Å²) in [5, 5.41) is 43.5. The number of aliphatic hydroxyl groups is 5. The predicted molar refractivity (Wildman–Crippen MR) is 44.3 cm³/mol. The standard InChI is InChI=1S/C6H12O6.K.H/c7-1-3(9)5(11)6(12)4(10)2-8;;/h1,3-6,8-12H,2H2;;/t3-,4-,5-,6-;;/m1../s1. The van der Waals surface area contributed by atoms with Crippen LogP contribution in [0.5, 0.6) is 0 Å². The minimum atomic E-state index is -1.79. The molecule has 0 heterocycles. The van der Waals surface area contributed by atoms with Gasteiger partial charge < -0.3 is 30.3 Å². The molecule has 0 rings (SSSR count). The SMILES string of the molecule is O=C[C@@H](O)[C@@H](O)[C@H](O)[C@H](O)CO.[KH]. The van der Waals surface area contributed by atoms with Crippen LogP contribution in [0.4, 0.5) is 0 Å². The zero-order valence-corrected chi connectivity index (χ0v) is 6.24. The second-order valence-corrected chi connectivity index (χ2v) is 2.36. The summed E-state index contributed by atoms with van der Waals surface area (Å²) in [7, 11) is 0. The summed E-state index contributed by atoms with van der Waals surface area (Å²) >= 11 is 0. The molecule has 5 N–H and O–H groups in total. The molecular weight excluding hydrogens is 207 g/mol. The monoisotopic (exact) mass is 220 g/mol. The molecule has 0 spiro atoms. The number of aliphatic hydroxyl groups excluding tert-OH is 5. The van der Waals surface area contributed by atoms with E-state index in [0.717, 1.165) is 0 Å². The predicted octanol–water partition coefficient (Wildman–Crippen LogP) is -4.03. The Morgan fingerprint density at radius 2 is 1.54 bits per heavy atom. The molecule has 0 aliphatic carbocycles. The molecule has 0 aromatic rings. The van der Waals surface area contributed by atoms with Gasteiger partial charge in [-0.1, -0.05) is 0 Å². The van der Waals surface area contributed by atoms with Crippen molar-refractivity contribution in [3.63, 3.8) is 0 Å². The van der Waals surface area contributed by atoms with Gasteiger partial charge in [0.2, 0.25) is 0 Å². The first-order valence-electron chi connectivity index (χ1n) is 3.33. The third kappa shape index (κ3) is 5.52. The number of rotatable bonds is 5. The third-order valence-corrected chi connectivity index (χ3v) is 1.42. The Hall–Kier alpha value is 1.11. The van der Waals surface area contributed by atoms with Crippen LogP contribution >= 0.6 is 0 Å². The number of hydrogen-bond acceptors (Lipinski definition) is 6. The van der Waals surface area contributed by atoms with Gasteiger partial charge >= 0.3 is 51.4 Å². The molecule has 0 aromatic carbocycles. The Morgan fingerprint density at radius 3 is 1.85 bits per heavy atom. The summed E-state index contributed by atoms with van der Waals surface area (Å²) in [5.74, 6) is 0. The van der Waals surface area contributed by atoms with Crippen molar-refractivity contribution in [2.75, 3.05) is 6.61 Å². The van der Waals surface area contributed by atoms with Gasteiger partial charge in [0.25, 0.3) is 0 Å². The summed E-state index contributed by atoms with van der Waals surface area (Å²) in [4.78, 5) is 9.90. The summed E-state index contributed by atoms with van der Waals surface area (Å²) in [6.07, 6.45) is -6.84. The van der Waals surface area contributed by atoms with Crippen molar-refractivity contribution >= 4 is 57.7 Å². The fourth-order valence-corrected chi connectivity index (χ4v) is 0.618. The molecule has 0 amide bonds. The molecule has 0 saturated heterocycles. The van der Waals surface area contributed by atoms with Crippen molar-refractivity contribution in [2.45, 2.75) is 24.4 Å². The van der Waals surface area contributed by atoms with Gasteiger partial charge in [-0.15, -0.1) is 0 Å². The molecule has 13 heavy (non-hydrogen) atoms. The topological polar surface area (TPSA) is 118 Å². The van der Waals surface area contributed by atoms with E-state index in [0.29, 0.717) is 0 Å². The molecule has 0 aliphatic heterocycles. The van der Waals surface area contributed by atoms with E-state index in [4.69, 9.17) is 25.5 Å². The van der Waals surface area contributed by atoms with Crippen LogP contribution < -0.4 is 0 Å². The molecule has 7 heteroatoms. The Kier molecular flexibility index (Phi) is 10.7. The molecule has 74 valence electrons. The van der Waals surface area contributed by atoms with Gasteiger partial charge in [0.1, 0.15) is 24.4 Å². The van der Waals surface area contributed by atoms with E-state index in [1.807, 2.05) is 0 Å². The second kappa shape index (κ2) is 8.42. The van der Waals surface area contributed by atoms with Crippen LogP contribution in [0.15, 0.2) is 0 Å². The third-order valence-electron chi connectivity index (χ3n) is 1.42. The second-order valence-electron chi connectivity index (χ2n) is 2.36. The van der Waals surface area contributed by atoms with Gasteiger partial charge in [-0.3, -0.25) is 0 Å². The van der Waals surface area contributed by atoms with Gasteiger partial charge in [-0.05, 0) is 0 Å². The summed E-state index contributed by atoms with van der Waals surface area (Å²) < 4.78 is 0. The zero-order valence-electron chi connectivity index (χ0n) is 6.24. The molecule has 0 bridgehead atoms. The Morgan fingerprint density at radius 1 is 1.08 bits per heavy atom. The Balaban J connectivity index is 0. The normalized spacial score (nSPS) is 19.5.